The maximum atomic E-state index is 13.1. The van der Waals surface area contributed by atoms with Crippen molar-refractivity contribution >= 4 is 17.7 Å². The van der Waals surface area contributed by atoms with Crippen molar-refractivity contribution in [2.24, 2.45) is 0 Å². The van der Waals surface area contributed by atoms with Crippen LogP contribution >= 0.6 is 0 Å². The zero-order valence-electron chi connectivity index (χ0n) is 11.3. The third kappa shape index (κ3) is 3.26. The Balaban J connectivity index is 2.02. The van der Waals surface area contributed by atoms with Gasteiger partial charge in [0, 0.05) is 12.2 Å². The highest BCUT2D eigenvalue weighted by Gasteiger charge is 2.35. The Morgan fingerprint density at radius 3 is 3.00 bits per heavy atom. The van der Waals surface area contributed by atoms with Crippen LogP contribution in [0.2, 0.25) is 0 Å². The van der Waals surface area contributed by atoms with Crippen molar-refractivity contribution in [3.8, 4) is 0 Å². The van der Waals surface area contributed by atoms with Crippen molar-refractivity contribution in [3.63, 3.8) is 0 Å². The number of amides is 2. The number of hydrogen-bond acceptors (Lipinski definition) is 3. The van der Waals surface area contributed by atoms with Crippen LogP contribution in [0.1, 0.15) is 19.8 Å². The monoisotopic (exact) mass is 280 g/mol. The van der Waals surface area contributed by atoms with E-state index in [1.165, 1.54) is 23.1 Å². The minimum atomic E-state index is -0.552. The standard InChI is InChI=1S/C14H17FN2O3/c1-2-20-13(18)12-7-4-8-17(12)14(19)16-11-6-3-5-10(15)9-11/h3,5-6,9,12H,2,4,7-8H2,1H3,(H,16,19). The SMILES string of the molecule is CCOC(=O)C1CCCN1C(=O)Nc1cccc(F)c1. The number of halogens is 1. The van der Waals surface area contributed by atoms with Crippen molar-refractivity contribution in [3.05, 3.63) is 30.1 Å². The van der Waals surface area contributed by atoms with Gasteiger partial charge in [0.05, 0.1) is 6.61 Å². The summed E-state index contributed by atoms with van der Waals surface area (Å²) in [5.74, 6) is -0.814. The highest BCUT2D eigenvalue weighted by atomic mass is 19.1. The van der Waals surface area contributed by atoms with E-state index in [9.17, 15) is 14.0 Å². The molecule has 0 aromatic heterocycles. The van der Waals surface area contributed by atoms with Gasteiger partial charge in [-0.15, -0.1) is 0 Å². The van der Waals surface area contributed by atoms with Crippen molar-refractivity contribution in [1.29, 1.82) is 0 Å². The normalized spacial score (nSPS) is 17.9. The maximum Gasteiger partial charge on any atom is 0.328 e. The van der Waals surface area contributed by atoms with Crippen LogP contribution in [0.3, 0.4) is 0 Å². The lowest BCUT2D eigenvalue weighted by atomic mass is 10.2. The van der Waals surface area contributed by atoms with Crippen LogP contribution in [-0.4, -0.2) is 36.1 Å². The molecule has 5 nitrogen and oxygen atoms in total. The Bertz CT molecular complexity index is 507. The molecular formula is C14H17FN2O3. The van der Waals surface area contributed by atoms with E-state index in [1.807, 2.05) is 0 Å². The van der Waals surface area contributed by atoms with Gasteiger partial charge >= 0.3 is 12.0 Å². The predicted molar refractivity (Wildman–Crippen MR) is 71.8 cm³/mol. The fourth-order valence-corrected chi connectivity index (χ4v) is 2.25. The van der Waals surface area contributed by atoms with Crippen LogP contribution < -0.4 is 5.32 Å². The molecule has 1 unspecified atom stereocenters. The van der Waals surface area contributed by atoms with E-state index in [2.05, 4.69) is 5.32 Å². The van der Waals surface area contributed by atoms with Gasteiger partial charge in [0.15, 0.2) is 0 Å². The number of anilines is 1. The van der Waals surface area contributed by atoms with Crippen LogP contribution in [0.25, 0.3) is 0 Å². The van der Waals surface area contributed by atoms with Crippen molar-refractivity contribution in [2.45, 2.75) is 25.8 Å². The van der Waals surface area contributed by atoms with Crippen LogP contribution in [0, 0.1) is 5.82 Å². The molecule has 1 atom stereocenters. The lowest BCUT2D eigenvalue weighted by Gasteiger charge is -2.23. The molecule has 1 aromatic rings. The molecule has 0 saturated carbocycles. The smallest absolute Gasteiger partial charge is 0.328 e. The minimum absolute atomic E-state index is 0.286. The van der Waals surface area contributed by atoms with E-state index >= 15 is 0 Å². The van der Waals surface area contributed by atoms with E-state index in [0.29, 0.717) is 18.7 Å². The summed E-state index contributed by atoms with van der Waals surface area (Å²) < 4.78 is 18.0. The first-order chi connectivity index (χ1) is 9.61. The first-order valence-electron chi connectivity index (χ1n) is 6.61. The summed E-state index contributed by atoms with van der Waals surface area (Å²) in [7, 11) is 0. The molecule has 0 spiro atoms. The maximum absolute atomic E-state index is 13.1. The third-order valence-electron chi connectivity index (χ3n) is 3.15. The van der Waals surface area contributed by atoms with E-state index in [4.69, 9.17) is 4.74 Å². The first kappa shape index (κ1) is 14.3. The average Bonchev–Trinajstić information content (AvgIpc) is 2.88. The fourth-order valence-electron chi connectivity index (χ4n) is 2.25. The predicted octanol–water partition coefficient (Wildman–Crippen LogP) is 2.39. The Morgan fingerprint density at radius 1 is 1.50 bits per heavy atom. The number of carbonyl (C=O) groups excluding carboxylic acids is 2. The van der Waals surface area contributed by atoms with Crippen LogP contribution in [0.15, 0.2) is 24.3 Å². The number of likely N-dealkylation sites (tertiary alicyclic amines) is 1. The fraction of sp³-hybridized carbons (Fsp3) is 0.429. The second-order valence-corrected chi connectivity index (χ2v) is 4.54. The van der Waals surface area contributed by atoms with Crippen LogP contribution in [0.4, 0.5) is 14.9 Å². The quantitative estimate of drug-likeness (QED) is 0.865. The number of esters is 1. The molecule has 0 aliphatic carbocycles. The van der Waals surface area contributed by atoms with Gasteiger partial charge < -0.3 is 15.0 Å². The summed E-state index contributed by atoms with van der Waals surface area (Å²) in [6.45, 7) is 2.50. The van der Waals surface area contributed by atoms with Gasteiger partial charge in [0.2, 0.25) is 0 Å². The van der Waals surface area contributed by atoms with E-state index in [0.717, 1.165) is 6.42 Å². The summed E-state index contributed by atoms with van der Waals surface area (Å²) in [5.41, 5.74) is 0.365. The molecule has 2 amide bonds. The summed E-state index contributed by atoms with van der Waals surface area (Å²) in [6.07, 6.45) is 1.34. The summed E-state index contributed by atoms with van der Waals surface area (Å²) in [5, 5.41) is 2.59. The Hall–Kier alpha value is -2.11. The van der Waals surface area contributed by atoms with Crippen LogP contribution in [-0.2, 0) is 9.53 Å². The second kappa shape index (κ2) is 6.36. The summed E-state index contributed by atoms with van der Waals surface area (Å²) >= 11 is 0. The number of hydrogen-bond donors (Lipinski definition) is 1. The number of rotatable bonds is 3. The molecule has 6 heteroatoms. The molecule has 1 aliphatic rings. The largest absolute Gasteiger partial charge is 0.464 e. The zero-order chi connectivity index (χ0) is 14.5. The molecule has 1 aliphatic heterocycles. The van der Waals surface area contributed by atoms with Gasteiger partial charge in [0.1, 0.15) is 11.9 Å². The molecule has 108 valence electrons. The first-order valence-corrected chi connectivity index (χ1v) is 6.61. The lowest BCUT2D eigenvalue weighted by molar-refractivity contribution is -0.147. The van der Waals surface area contributed by atoms with Gasteiger partial charge in [-0.3, -0.25) is 0 Å². The molecule has 1 aromatic carbocycles. The Morgan fingerprint density at radius 2 is 2.30 bits per heavy atom. The third-order valence-corrected chi connectivity index (χ3v) is 3.15. The van der Waals surface area contributed by atoms with Crippen molar-refractivity contribution in [2.75, 3.05) is 18.5 Å². The van der Waals surface area contributed by atoms with Gasteiger partial charge in [-0.25, -0.2) is 14.0 Å². The molecular weight excluding hydrogens is 263 g/mol. The summed E-state index contributed by atoms with van der Waals surface area (Å²) in [4.78, 5) is 25.3. The topological polar surface area (TPSA) is 58.6 Å². The molecule has 1 saturated heterocycles. The molecule has 0 bridgehead atoms. The number of carbonyl (C=O) groups is 2. The Kier molecular flexibility index (Phi) is 4.55. The second-order valence-electron chi connectivity index (χ2n) is 4.54. The average molecular weight is 280 g/mol. The molecule has 1 N–H and O–H groups in total. The molecule has 1 heterocycles. The highest BCUT2D eigenvalue weighted by molar-refractivity contribution is 5.93. The van der Waals surface area contributed by atoms with E-state index in [1.54, 1.807) is 13.0 Å². The zero-order valence-corrected chi connectivity index (χ0v) is 11.3. The highest BCUT2D eigenvalue weighted by Crippen LogP contribution is 2.20. The molecule has 20 heavy (non-hydrogen) atoms. The van der Waals surface area contributed by atoms with Gasteiger partial charge in [-0.2, -0.15) is 0 Å². The number of ether oxygens (including phenoxy) is 1. The molecule has 1 fully saturated rings. The van der Waals surface area contributed by atoms with Crippen molar-refractivity contribution < 1.29 is 18.7 Å². The minimum Gasteiger partial charge on any atom is -0.464 e. The van der Waals surface area contributed by atoms with Gasteiger partial charge in [-0.05, 0) is 38.0 Å². The van der Waals surface area contributed by atoms with Crippen molar-refractivity contribution in [1.82, 2.24) is 4.90 Å². The van der Waals surface area contributed by atoms with Gasteiger partial charge in [-0.1, -0.05) is 6.07 Å². The number of benzene rings is 1. The number of nitrogens with one attached hydrogen (secondary N) is 1. The molecule has 0 radical (unpaired) electrons. The lowest BCUT2D eigenvalue weighted by Crippen LogP contribution is -2.43. The van der Waals surface area contributed by atoms with E-state index in [-0.39, 0.29) is 12.6 Å². The van der Waals surface area contributed by atoms with Crippen LogP contribution in [0.5, 0.6) is 0 Å². The summed E-state index contributed by atoms with van der Waals surface area (Å²) in [6, 6.07) is 4.67. The number of nitrogens with zero attached hydrogens (tertiary/aromatic N) is 1. The Labute approximate surface area is 116 Å². The van der Waals surface area contributed by atoms with Gasteiger partial charge in [0.25, 0.3) is 0 Å². The number of urea groups is 1. The van der Waals surface area contributed by atoms with E-state index < -0.39 is 17.9 Å². The molecule has 2 rings (SSSR count).